The Hall–Kier alpha value is -1.22. The second-order valence-electron chi connectivity index (χ2n) is 3.60. The Kier molecular flexibility index (Phi) is 5.72. The minimum absolute atomic E-state index is 0.755. The highest BCUT2D eigenvalue weighted by atomic mass is 16.5. The molecule has 3 nitrogen and oxygen atoms in total. The molecule has 16 heavy (non-hydrogen) atoms. The van der Waals surface area contributed by atoms with E-state index < -0.39 is 0 Å². The van der Waals surface area contributed by atoms with E-state index in [1.807, 2.05) is 18.2 Å². The van der Waals surface area contributed by atoms with Gasteiger partial charge in [0.05, 0.1) is 13.7 Å². The Morgan fingerprint density at radius 2 is 2.06 bits per heavy atom. The summed E-state index contributed by atoms with van der Waals surface area (Å²) in [5.74, 6) is 1.82. The molecular weight excluding hydrogens is 202 g/mol. The molecule has 1 aromatic carbocycles. The Labute approximate surface area is 97.8 Å². The minimum atomic E-state index is 0.755. The molecule has 1 aromatic rings. The van der Waals surface area contributed by atoms with Crippen LogP contribution in [-0.4, -0.2) is 20.3 Å². The van der Waals surface area contributed by atoms with Gasteiger partial charge < -0.3 is 14.8 Å². The summed E-state index contributed by atoms with van der Waals surface area (Å²) in [4.78, 5) is 0. The molecule has 0 aromatic heterocycles. The standard InChI is InChI=1S/C13H21NO2/c1-4-8-16-13-7-6-12(15-3)9-11(13)10-14-5-2/h6-7,9,14H,4-5,8,10H2,1-3H3. The summed E-state index contributed by atoms with van der Waals surface area (Å²) in [6, 6.07) is 5.93. The van der Waals surface area contributed by atoms with Crippen molar-refractivity contribution in [2.45, 2.75) is 26.8 Å². The largest absolute Gasteiger partial charge is 0.497 e. The predicted octanol–water partition coefficient (Wildman–Crippen LogP) is 2.59. The second kappa shape index (κ2) is 7.12. The lowest BCUT2D eigenvalue weighted by Gasteiger charge is -2.12. The van der Waals surface area contributed by atoms with E-state index in [4.69, 9.17) is 9.47 Å². The summed E-state index contributed by atoms with van der Waals surface area (Å²) in [5, 5.41) is 3.30. The van der Waals surface area contributed by atoms with E-state index in [0.717, 1.165) is 43.2 Å². The Morgan fingerprint density at radius 1 is 1.25 bits per heavy atom. The van der Waals surface area contributed by atoms with Crippen molar-refractivity contribution in [2.75, 3.05) is 20.3 Å². The lowest BCUT2D eigenvalue weighted by molar-refractivity contribution is 0.312. The first kappa shape index (κ1) is 12.8. The van der Waals surface area contributed by atoms with Crippen LogP contribution in [0.4, 0.5) is 0 Å². The Morgan fingerprint density at radius 3 is 2.69 bits per heavy atom. The highest BCUT2D eigenvalue weighted by Crippen LogP contribution is 2.24. The maximum Gasteiger partial charge on any atom is 0.124 e. The van der Waals surface area contributed by atoms with Crippen molar-refractivity contribution in [2.24, 2.45) is 0 Å². The first-order chi connectivity index (χ1) is 7.81. The number of benzene rings is 1. The topological polar surface area (TPSA) is 30.5 Å². The summed E-state index contributed by atoms with van der Waals surface area (Å²) in [5.41, 5.74) is 1.15. The van der Waals surface area contributed by atoms with E-state index in [2.05, 4.69) is 19.2 Å². The molecule has 0 bridgehead atoms. The minimum Gasteiger partial charge on any atom is -0.497 e. The molecular formula is C13H21NO2. The van der Waals surface area contributed by atoms with Crippen LogP contribution in [0.5, 0.6) is 11.5 Å². The van der Waals surface area contributed by atoms with Crippen molar-refractivity contribution in [3.63, 3.8) is 0 Å². The zero-order valence-corrected chi connectivity index (χ0v) is 10.4. The summed E-state index contributed by atoms with van der Waals surface area (Å²) < 4.78 is 10.9. The molecule has 0 saturated carbocycles. The average Bonchev–Trinajstić information content (AvgIpc) is 2.34. The lowest BCUT2D eigenvalue weighted by Crippen LogP contribution is -2.13. The third kappa shape index (κ3) is 3.74. The van der Waals surface area contributed by atoms with E-state index in [1.165, 1.54) is 0 Å². The number of ether oxygens (including phenoxy) is 2. The van der Waals surface area contributed by atoms with Crippen LogP contribution >= 0.6 is 0 Å². The highest BCUT2D eigenvalue weighted by molar-refractivity contribution is 5.40. The smallest absolute Gasteiger partial charge is 0.124 e. The third-order valence-corrected chi connectivity index (χ3v) is 2.29. The molecule has 1 N–H and O–H groups in total. The highest BCUT2D eigenvalue weighted by Gasteiger charge is 2.04. The van der Waals surface area contributed by atoms with E-state index >= 15 is 0 Å². The average molecular weight is 223 g/mol. The first-order valence-electron chi connectivity index (χ1n) is 5.82. The van der Waals surface area contributed by atoms with Gasteiger partial charge in [0.2, 0.25) is 0 Å². The molecule has 0 heterocycles. The molecule has 1 rings (SSSR count). The molecule has 3 heteroatoms. The zero-order chi connectivity index (χ0) is 11.8. The molecule has 0 aliphatic rings. The van der Waals surface area contributed by atoms with Crippen LogP contribution in [0, 0.1) is 0 Å². The second-order valence-corrected chi connectivity index (χ2v) is 3.60. The van der Waals surface area contributed by atoms with Gasteiger partial charge in [0, 0.05) is 12.1 Å². The zero-order valence-electron chi connectivity index (χ0n) is 10.4. The van der Waals surface area contributed by atoms with Gasteiger partial charge in [-0.15, -0.1) is 0 Å². The molecule has 0 radical (unpaired) electrons. The van der Waals surface area contributed by atoms with Crippen LogP contribution in [0.25, 0.3) is 0 Å². The van der Waals surface area contributed by atoms with Gasteiger partial charge >= 0.3 is 0 Å². The predicted molar refractivity (Wildman–Crippen MR) is 66.2 cm³/mol. The number of rotatable bonds is 7. The summed E-state index contributed by atoms with van der Waals surface area (Å²) in [7, 11) is 1.68. The number of hydrogen-bond donors (Lipinski definition) is 1. The molecule has 0 amide bonds. The maximum absolute atomic E-state index is 5.69. The molecule has 0 spiro atoms. The van der Waals surface area contributed by atoms with Crippen LogP contribution in [0.15, 0.2) is 18.2 Å². The van der Waals surface area contributed by atoms with E-state index in [1.54, 1.807) is 7.11 Å². The number of hydrogen-bond acceptors (Lipinski definition) is 3. The van der Waals surface area contributed by atoms with Crippen LogP contribution in [0.3, 0.4) is 0 Å². The summed E-state index contributed by atoms with van der Waals surface area (Å²) >= 11 is 0. The molecule has 0 unspecified atom stereocenters. The first-order valence-corrected chi connectivity index (χ1v) is 5.82. The van der Waals surface area contributed by atoms with Crippen LogP contribution in [0.1, 0.15) is 25.8 Å². The molecule has 0 saturated heterocycles. The summed E-state index contributed by atoms with van der Waals surface area (Å²) in [6.45, 7) is 6.71. The van der Waals surface area contributed by atoms with Crippen molar-refractivity contribution >= 4 is 0 Å². The van der Waals surface area contributed by atoms with Gasteiger partial charge in [-0.3, -0.25) is 0 Å². The van der Waals surface area contributed by atoms with E-state index in [0.29, 0.717) is 0 Å². The normalized spacial score (nSPS) is 10.2. The number of nitrogens with one attached hydrogen (secondary N) is 1. The summed E-state index contributed by atoms with van der Waals surface area (Å²) in [6.07, 6.45) is 1.02. The fourth-order valence-electron chi connectivity index (χ4n) is 1.43. The quantitative estimate of drug-likeness (QED) is 0.770. The van der Waals surface area contributed by atoms with Crippen molar-refractivity contribution in [1.82, 2.24) is 5.32 Å². The van der Waals surface area contributed by atoms with Gasteiger partial charge in [0.1, 0.15) is 11.5 Å². The van der Waals surface area contributed by atoms with E-state index in [9.17, 15) is 0 Å². The van der Waals surface area contributed by atoms with Gasteiger partial charge in [0.25, 0.3) is 0 Å². The van der Waals surface area contributed by atoms with Crippen molar-refractivity contribution < 1.29 is 9.47 Å². The fourth-order valence-corrected chi connectivity index (χ4v) is 1.43. The van der Waals surface area contributed by atoms with Crippen LogP contribution < -0.4 is 14.8 Å². The number of methoxy groups -OCH3 is 1. The SMILES string of the molecule is CCCOc1ccc(OC)cc1CNCC. The Balaban J connectivity index is 2.78. The van der Waals surface area contributed by atoms with Gasteiger partial charge in [0.15, 0.2) is 0 Å². The van der Waals surface area contributed by atoms with Crippen LogP contribution in [-0.2, 0) is 6.54 Å². The molecule has 0 atom stereocenters. The molecule has 90 valence electrons. The van der Waals surface area contributed by atoms with Gasteiger partial charge in [-0.25, -0.2) is 0 Å². The Bertz CT molecular complexity index is 313. The third-order valence-electron chi connectivity index (χ3n) is 2.29. The van der Waals surface area contributed by atoms with Crippen molar-refractivity contribution in [1.29, 1.82) is 0 Å². The van der Waals surface area contributed by atoms with Gasteiger partial charge in [-0.1, -0.05) is 13.8 Å². The van der Waals surface area contributed by atoms with Crippen molar-refractivity contribution in [3.05, 3.63) is 23.8 Å². The van der Waals surface area contributed by atoms with Gasteiger partial charge in [-0.05, 0) is 31.2 Å². The van der Waals surface area contributed by atoms with Crippen LogP contribution in [0.2, 0.25) is 0 Å². The molecule has 0 aliphatic carbocycles. The molecule has 0 aliphatic heterocycles. The fraction of sp³-hybridized carbons (Fsp3) is 0.538. The lowest BCUT2D eigenvalue weighted by atomic mass is 10.2. The van der Waals surface area contributed by atoms with Crippen molar-refractivity contribution in [3.8, 4) is 11.5 Å². The monoisotopic (exact) mass is 223 g/mol. The van der Waals surface area contributed by atoms with E-state index in [-0.39, 0.29) is 0 Å². The maximum atomic E-state index is 5.69. The molecule has 0 fully saturated rings. The van der Waals surface area contributed by atoms with Gasteiger partial charge in [-0.2, -0.15) is 0 Å².